The highest BCUT2D eigenvalue weighted by Gasteiger charge is 2.60. The number of hydrogen-bond acceptors (Lipinski definition) is 6. The fourth-order valence-corrected chi connectivity index (χ4v) is 6.03. The van der Waals surface area contributed by atoms with E-state index in [1.165, 1.54) is 0 Å². The SMILES string of the molecule is CC(C)(C)OC(=O)NC1CCN(c2ccc(Cl)cc2CN2CC3CN(C(=O)OC(C(F)(F)F)C(F)(F)F)CC3C2)CC1. The van der Waals surface area contributed by atoms with Crippen LogP contribution in [0.1, 0.15) is 39.2 Å². The van der Waals surface area contributed by atoms with Crippen LogP contribution in [0, 0.1) is 11.8 Å². The summed E-state index contributed by atoms with van der Waals surface area (Å²) >= 11 is 6.31. The van der Waals surface area contributed by atoms with Crippen molar-refractivity contribution in [3.63, 3.8) is 0 Å². The Morgan fingerprint density at radius 1 is 0.976 bits per heavy atom. The number of alkyl carbamates (subject to hydrolysis) is 1. The molecule has 3 saturated heterocycles. The van der Waals surface area contributed by atoms with Crippen molar-refractivity contribution in [2.45, 2.75) is 70.3 Å². The number of anilines is 1. The molecule has 15 heteroatoms. The molecule has 2 amide bonds. The Hall–Kier alpha value is -2.61. The maximum Gasteiger partial charge on any atom is 0.434 e. The van der Waals surface area contributed by atoms with Gasteiger partial charge in [-0.3, -0.25) is 4.90 Å². The molecule has 2 atom stereocenters. The van der Waals surface area contributed by atoms with E-state index >= 15 is 0 Å². The number of rotatable bonds is 5. The smallest absolute Gasteiger partial charge is 0.434 e. The van der Waals surface area contributed by atoms with Gasteiger partial charge in [-0.05, 0) is 69.2 Å². The molecular formula is C27H35ClF6N4O4. The third kappa shape index (κ3) is 8.27. The maximum atomic E-state index is 12.8. The molecule has 236 valence electrons. The summed E-state index contributed by atoms with van der Waals surface area (Å²) in [7, 11) is 0. The van der Waals surface area contributed by atoms with Crippen LogP contribution >= 0.6 is 11.6 Å². The highest BCUT2D eigenvalue weighted by molar-refractivity contribution is 6.30. The number of nitrogens with zero attached hydrogens (tertiary/aromatic N) is 3. The van der Waals surface area contributed by atoms with Crippen LogP contribution in [0.25, 0.3) is 0 Å². The first-order valence-electron chi connectivity index (χ1n) is 13.7. The van der Waals surface area contributed by atoms with Crippen LogP contribution in [0.4, 0.5) is 41.6 Å². The number of piperidine rings is 1. The van der Waals surface area contributed by atoms with Crippen molar-refractivity contribution in [3.05, 3.63) is 28.8 Å². The Bertz CT molecular complexity index is 1110. The summed E-state index contributed by atoms with van der Waals surface area (Å²) in [4.78, 5) is 29.6. The highest BCUT2D eigenvalue weighted by atomic mass is 35.5. The van der Waals surface area contributed by atoms with Crippen LogP contribution in [0.3, 0.4) is 0 Å². The normalized spacial score (nSPS) is 22.5. The molecule has 3 fully saturated rings. The van der Waals surface area contributed by atoms with Gasteiger partial charge < -0.3 is 24.6 Å². The molecule has 2 unspecified atom stereocenters. The predicted molar refractivity (Wildman–Crippen MR) is 142 cm³/mol. The molecule has 42 heavy (non-hydrogen) atoms. The number of likely N-dealkylation sites (tertiary alicyclic amines) is 2. The average molecular weight is 629 g/mol. The molecule has 0 aliphatic carbocycles. The molecule has 0 radical (unpaired) electrons. The number of carbonyl (C=O) groups is 2. The Balaban J connectivity index is 1.31. The van der Waals surface area contributed by atoms with Crippen molar-refractivity contribution in [2.24, 2.45) is 11.8 Å². The van der Waals surface area contributed by atoms with Gasteiger partial charge in [-0.25, -0.2) is 9.59 Å². The van der Waals surface area contributed by atoms with Crippen LogP contribution in [0.2, 0.25) is 5.02 Å². The second-order valence-corrected chi connectivity index (χ2v) is 12.6. The summed E-state index contributed by atoms with van der Waals surface area (Å²) in [5, 5.41) is 3.49. The number of ether oxygens (including phenoxy) is 2. The average Bonchev–Trinajstić information content (AvgIpc) is 3.39. The quantitative estimate of drug-likeness (QED) is 0.414. The number of benzene rings is 1. The van der Waals surface area contributed by atoms with Crippen molar-refractivity contribution < 1.29 is 45.4 Å². The van der Waals surface area contributed by atoms with Gasteiger partial charge in [0.1, 0.15) is 5.60 Å². The lowest BCUT2D eigenvalue weighted by Gasteiger charge is -2.36. The summed E-state index contributed by atoms with van der Waals surface area (Å²) in [6.45, 7) is 8.43. The van der Waals surface area contributed by atoms with Gasteiger partial charge in [0.25, 0.3) is 6.10 Å². The van der Waals surface area contributed by atoms with Crippen LogP contribution in [-0.2, 0) is 16.0 Å². The zero-order valence-electron chi connectivity index (χ0n) is 23.5. The number of halogens is 7. The van der Waals surface area contributed by atoms with Gasteiger partial charge in [0, 0.05) is 62.6 Å². The van der Waals surface area contributed by atoms with Crippen molar-refractivity contribution >= 4 is 29.5 Å². The molecule has 1 aromatic rings. The first-order valence-corrected chi connectivity index (χ1v) is 14.1. The number of nitrogens with one attached hydrogen (secondary N) is 1. The Morgan fingerprint density at radius 3 is 2.07 bits per heavy atom. The van der Waals surface area contributed by atoms with E-state index in [9.17, 15) is 35.9 Å². The summed E-state index contributed by atoms with van der Waals surface area (Å²) in [6, 6.07) is 5.63. The Morgan fingerprint density at radius 2 is 1.55 bits per heavy atom. The molecule has 0 saturated carbocycles. The zero-order chi connectivity index (χ0) is 31.0. The fraction of sp³-hybridized carbons (Fsp3) is 0.704. The standard InChI is InChI=1S/C27H35ClF6N4O4/c1-25(2,3)42-23(39)35-20-6-8-37(9-7-20)21-5-4-19(28)10-16(21)11-36-12-17-14-38(15-18(17)13-36)24(40)41-22(26(29,30)31)27(32,33)34/h4-5,10,17-18,20,22H,6-9,11-15H2,1-3H3,(H,35,39). The number of hydrogen-bond donors (Lipinski definition) is 1. The van der Waals surface area contributed by atoms with E-state index in [4.69, 9.17) is 16.3 Å². The van der Waals surface area contributed by atoms with E-state index in [2.05, 4.69) is 19.9 Å². The van der Waals surface area contributed by atoms with Gasteiger partial charge in [0.2, 0.25) is 0 Å². The van der Waals surface area contributed by atoms with Crippen LogP contribution in [-0.4, -0.2) is 91.4 Å². The van der Waals surface area contributed by atoms with E-state index < -0.39 is 36.2 Å². The summed E-state index contributed by atoms with van der Waals surface area (Å²) < 4.78 is 86.1. The first kappa shape index (κ1) is 32.3. The topological polar surface area (TPSA) is 74.4 Å². The highest BCUT2D eigenvalue weighted by Crippen LogP contribution is 2.38. The van der Waals surface area contributed by atoms with Crippen LogP contribution in [0.15, 0.2) is 18.2 Å². The molecule has 0 bridgehead atoms. The maximum absolute atomic E-state index is 12.8. The zero-order valence-corrected chi connectivity index (χ0v) is 24.3. The lowest BCUT2D eigenvalue weighted by molar-refractivity contribution is -0.308. The molecular weight excluding hydrogens is 594 g/mol. The molecule has 3 heterocycles. The van der Waals surface area contributed by atoms with Crippen molar-refractivity contribution in [3.8, 4) is 0 Å². The molecule has 8 nitrogen and oxygen atoms in total. The van der Waals surface area contributed by atoms with Crippen molar-refractivity contribution in [1.82, 2.24) is 15.1 Å². The third-order valence-corrected chi connectivity index (χ3v) is 7.86. The van der Waals surface area contributed by atoms with Gasteiger partial charge in [-0.1, -0.05) is 11.6 Å². The van der Waals surface area contributed by atoms with Crippen LogP contribution < -0.4 is 10.2 Å². The number of carbonyl (C=O) groups excluding carboxylic acids is 2. The minimum absolute atomic E-state index is 0.0121. The van der Waals surface area contributed by atoms with Gasteiger partial charge in [-0.15, -0.1) is 0 Å². The van der Waals surface area contributed by atoms with Gasteiger partial charge in [-0.2, -0.15) is 26.3 Å². The molecule has 1 aromatic carbocycles. The Labute approximate surface area is 245 Å². The number of fused-ring (bicyclic) bond motifs is 1. The van der Waals surface area contributed by atoms with E-state index in [-0.39, 0.29) is 31.0 Å². The van der Waals surface area contributed by atoms with E-state index in [0.29, 0.717) is 37.7 Å². The monoisotopic (exact) mass is 628 g/mol. The second-order valence-electron chi connectivity index (χ2n) is 12.1. The van der Waals surface area contributed by atoms with Gasteiger partial charge in [0.15, 0.2) is 0 Å². The van der Waals surface area contributed by atoms with E-state index in [1.807, 2.05) is 18.2 Å². The summed E-state index contributed by atoms with van der Waals surface area (Å²) in [5.41, 5.74) is 1.40. The summed E-state index contributed by atoms with van der Waals surface area (Å²) in [6.07, 6.45) is -16.3. The summed E-state index contributed by atoms with van der Waals surface area (Å²) in [5.74, 6) is -0.213. The lowest BCUT2D eigenvalue weighted by atomic mass is 10.0. The molecule has 0 aromatic heterocycles. The largest absolute Gasteiger partial charge is 0.444 e. The van der Waals surface area contributed by atoms with Gasteiger partial charge in [0.05, 0.1) is 0 Å². The molecule has 1 N–H and O–H groups in total. The minimum Gasteiger partial charge on any atom is -0.444 e. The van der Waals surface area contributed by atoms with Crippen molar-refractivity contribution in [2.75, 3.05) is 44.2 Å². The minimum atomic E-state index is -5.75. The van der Waals surface area contributed by atoms with E-state index in [0.717, 1.165) is 29.0 Å². The second kappa shape index (κ2) is 12.2. The number of amides is 2. The fourth-order valence-electron chi connectivity index (χ4n) is 5.83. The van der Waals surface area contributed by atoms with Crippen molar-refractivity contribution in [1.29, 1.82) is 0 Å². The molecule has 3 aliphatic heterocycles. The lowest BCUT2D eigenvalue weighted by Crippen LogP contribution is -2.48. The third-order valence-electron chi connectivity index (χ3n) is 7.63. The first-order chi connectivity index (χ1) is 19.4. The molecule has 4 rings (SSSR count). The predicted octanol–water partition coefficient (Wildman–Crippen LogP) is 5.83. The molecule has 3 aliphatic rings. The van der Waals surface area contributed by atoms with Crippen LogP contribution in [0.5, 0.6) is 0 Å². The number of alkyl halides is 6. The molecule has 0 spiro atoms. The Kier molecular flexibility index (Phi) is 9.37. The van der Waals surface area contributed by atoms with Gasteiger partial charge >= 0.3 is 24.5 Å². The van der Waals surface area contributed by atoms with E-state index in [1.54, 1.807) is 20.8 Å².